The normalized spacial score (nSPS) is 23.8. The fraction of sp³-hybridized carbons (Fsp3) is 0.733. The number of nitrogens with one attached hydrogen (secondary N) is 2. The van der Waals surface area contributed by atoms with E-state index in [0.29, 0.717) is 18.5 Å². The van der Waals surface area contributed by atoms with Crippen LogP contribution in [0.3, 0.4) is 0 Å². The van der Waals surface area contributed by atoms with E-state index in [2.05, 4.69) is 15.7 Å². The highest BCUT2D eigenvalue weighted by Crippen LogP contribution is 2.44. The van der Waals surface area contributed by atoms with Gasteiger partial charge in [0.15, 0.2) is 5.82 Å². The van der Waals surface area contributed by atoms with Crippen LogP contribution in [0.1, 0.15) is 38.1 Å². The molecule has 21 heavy (non-hydrogen) atoms. The van der Waals surface area contributed by atoms with Crippen LogP contribution in [-0.2, 0) is 9.53 Å². The Bertz CT molecular complexity index is 490. The minimum Gasteiger partial charge on any atom is -0.385 e. The number of hydrogen-bond donors (Lipinski definition) is 2. The quantitative estimate of drug-likeness (QED) is 0.835. The van der Waals surface area contributed by atoms with Gasteiger partial charge >= 0.3 is 0 Å². The van der Waals surface area contributed by atoms with E-state index in [-0.39, 0.29) is 11.3 Å². The lowest BCUT2D eigenvalue weighted by Crippen LogP contribution is -2.42. The summed E-state index contributed by atoms with van der Waals surface area (Å²) in [6.45, 7) is 2.62. The molecule has 116 valence electrons. The van der Waals surface area contributed by atoms with E-state index in [1.54, 1.807) is 7.11 Å². The largest absolute Gasteiger partial charge is 0.385 e. The zero-order valence-electron chi connectivity index (χ0n) is 12.6. The summed E-state index contributed by atoms with van der Waals surface area (Å²) in [6.07, 6.45) is 6.87. The molecule has 0 radical (unpaired) electrons. The van der Waals surface area contributed by atoms with Gasteiger partial charge in [0.05, 0.1) is 11.5 Å². The van der Waals surface area contributed by atoms with Crippen molar-refractivity contribution in [2.24, 2.45) is 5.41 Å². The third-order valence-corrected chi connectivity index (χ3v) is 4.84. The van der Waals surface area contributed by atoms with Crippen molar-refractivity contribution >= 4 is 11.7 Å². The standard InChI is InChI=1S/C15H24N4O2/c1-21-10-7-15(5-2-6-15)14(20)17-13-4-9-19(18-13)12-3-8-16-11-12/h4,9,12,16H,2-3,5-8,10-11H2,1H3,(H,17,18,20). The molecule has 1 amide bonds. The highest BCUT2D eigenvalue weighted by atomic mass is 16.5. The van der Waals surface area contributed by atoms with Crippen molar-refractivity contribution in [2.75, 3.05) is 32.1 Å². The van der Waals surface area contributed by atoms with Gasteiger partial charge in [-0.2, -0.15) is 5.10 Å². The lowest BCUT2D eigenvalue weighted by Gasteiger charge is -2.39. The van der Waals surface area contributed by atoms with E-state index in [0.717, 1.165) is 45.2 Å². The van der Waals surface area contributed by atoms with Crippen LogP contribution in [0.5, 0.6) is 0 Å². The van der Waals surface area contributed by atoms with E-state index in [1.807, 2.05) is 16.9 Å². The first kappa shape index (κ1) is 14.5. The smallest absolute Gasteiger partial charge is 0.231 e. The summed E-state index contributed by atoms with van der Waals surface area (Å²) in [7, 11) is 1.68. The molecule has 6 nitrogen and oxygen atoms in total. The topological polar surface area (TPSA) is 68.2 Å². The molecule has 1 saturated carbocycles. The summed E-state index contributed by atoms with van der Waals surface area (Å²) < 4.78 is 7.10. The molecule has 2 N–H and O–H groups in total. The Morgan fingerprint density at radius 1 is 1.62 bits per heavy atom. The number of ether oxygens (including phenoxy) is 1. The average Bonchev–Trinajstić information content (AvgIpc) is 3.07. The van der Waals surface area contributed by atoms with E-state index in [4.69, 9.17) is 4.74 Å². The summed E-state index contributed by atoms with van der Waals surface area (Å²) in [6, 6.07) is 2.29. The van der Waals surface area contributed by atoms with Gasteiger partial charge in [0.2, 0.25) is 5.91 Å². The third kappa shape index (κ3) is 2.96. The summed E-state index contributed by atoms with van der Waals surface area (Å²) >= 11 is 0. The van der Waals surface area contributed by atoms with Gasteiger partial charge in [0, 0.05) is 32.5 Å². The molecule has 0 bridgehead atoms. The van der Waals surface area contributed by atoms with Crippen LogP contribution in [0.4, 0.5) is 5.82 Å². The Morgan fingerprint density at radius 2 is 2.48 bits per heavy atom. The lowest BCUT2D eigenvalue weighted by atomic mass is 9.66. The summed E-state index contributed by atoms with van der Waals surface area (Å²) in [5.41, 5.74) is -0.241. The first-order valence-corrected chi connectivity index (χ1v) is 7.80. The molecule has 1 aromatic rings. The second-order valence-electron chi connectivity index (χ2n) is 6.16. The Morgan fingerprint density at radius 3 is 3.10 bits per heavy atom. The zero-order valence-corrected chi connectivity index (χ0v) is 12.6. The van der Waals surface area contributed by atoms with Gasteiger partial charge in [0.1, 0.15) is 0 Å². The van der Waals surface area contributed by atoms with Crippen LogP contribution in [0.25, 0.3) is 0 Å². The first-order valence-electron chi connectivity index (χ1n) is 7.80. The number of carbonyl (C=O) groups is 1. The Kier molecular flexibility index (Phi) is 4.26. The predicted octanol–water partition coefficient (Wildman–Crippen LogP) is 1.56. The van der Waals surface area contributed by atoms with Crippen LogP contribution in [0.2, 0.25) is 0 Å². The molecule has 2 aliphatic rings. The van der Waals surface area contributed by atoms with Gasteiger partial charge in [-0.1, -0.05) is 6.42 Å². The van der Waals surface area contributed by atoms with Gasteiger partial charge in [-0.25, -0.2) is 0 Å². The molecule has 6 heteroatoms. The van der Waals surface area contributed by atoms with Crippen LogP contribution in [-0.4, -0.2) is 42.5 Å². The number of anilines is 1. The van der Waals surface area contributed by atoms with Crippen molar-refractivity contribution in [3.63, 3.8) is 0 Å². The lowest BCUT2D eigenvalue weighted by molar-refractivity contribution is -0.131. The molecular formula is C15H24N4O2. The highest BCUT2D eigenvalue weighted by molar-refractivity contribution is 5.95. The number of amides is 1. The van der Waals surface area contributed by atoms with Crippen molar-refractivity contribution in [2.45, 2.75) is 38.1 Å². The van der Waals surface area contributed by atoms with Crippen LogP contribution in [0.15, 0.2) is 12.3 Å². The molecule has 1 saturated heterocycles. The maximum atomic E-state index is 12.5. The fourth-order valence-corrected chi connectivity index (χ4v) is 3.21. The van der Waals surface area contributed by atoms with Crippen molar-refractivity contribution in [3.05, 3.63) is 12.3 Å². The molecule has 3 rings (SSSR count). The van der Waals surface area contributed by atoms with Gasteiger partial charge in [-0.15, -0.1) is 0 Å². The minimum atomic E-state index is -0.241. The summed E-state index contributed by atoms with van der Waals surface area (Å²) in [4.78, 5) is 12.5. The van der Waals surface area contributed by atoms with Gasteiger partial charge < -0.3 is 15.4 Å². The average molecular weight is 292 g/mol. The summed E-state index contributed by atoms with van der Waals surface area (Å²) in [5, 5.41) is 10.8. The number of rotatable bonds is 6. The number of aromatic nitrogens is 2. The van der Waals surface area contributed by atoms with Crippen molar-refractivity contribution in [1.82, 2.24) is 15.1 Å². The monoisotopic (exact) mass is 292 g/mol. The van der Waals surface area contributed by atoms with Crippen LogP contribution >= 0.6 is 0 Å². The van der Waals surface area contributed by atoms with E-state index in [9.17, 15) is 4.79 Å². The molecule has 1 aliphatic carbocycles. The molecule has 0 spiro atoms. The zero-order chi connectivity index (χ0) is 14.7. The number of carbonyl (C=O) groups excluding carboxylic acids is 1. The van der Waals surface area contributed by atoms with Crippen LogP contribution < -0.4 is 10.6 Å². The number of nitrogens with zero attached hydrogens (tertiary/aromatic N) is 2. The molecule has 0 aromatic carbocycles. The predicted molar refractivity (Wildman–Crippen MR) is 80.2 cm³/mol. The second-order valence-corrected chi connectivity index (χ2v) is 6.16. The van der Waals surface area contributed by atoms with E-state index >= 15 is 0 Å². The summed E-state index contributed by atoms with van der Waals surface area (Å²) in [5.74, 6) is 0.760. The molecule has 2 heterocycles. The Labute approximate surface area is 125 Å². The van der Waals surface area contributed by atoms with Gasteiger partial charge in [0.25, 0.3) is 0 Å². The molecule has 1 aliphatic heterocycles. The van der Waals surface area contributed by atoms with E-state index in [1.165, 1.54) is 0 Å². The molecule has 2 fully saturated rings. The number of hydrogen-bond acceptors (Lipinski definition) is 4. The molecular weight excluding hydrogens is 268 g/mol. The van der Waals surface area contributed by atoms with Crippen molar-refractivity contribution < 1.29 is 9.53 Å². The van der Waals surface area contributed by atoms with Crippen molar-refractivity contribution in [3.8, 4) is 0 Å². The Balaban J connectivity index is 1.61. The second kappa shape index (κ2) is 6.15. The maximum absolute atomic E-state index is 12.5. The Hall–Kier alpha value is -1.40. The number of methoxy groups -OCH3 is 1. The van der Waals surface area contributed by atoms with Crippen LogP contribution in [0, 0.1) is 5.41 Å². The van der Waals surface area contributed by atoms with Gasteiger partial charge in [-0.05, 0) is 32.2 Å². The minimum absolute atomic E-state index is 0.0978. The van der Waals surface area contributed by atoms with Crippen molar-refractivity contribution in [1.29, 1.82) is 0 Å². The molecule has 1 aromatic heterocycles. The fourth-order valence-electron chi connectivity index (χ4n) is 3.21. The third-order valence-electron chi connectivity index (χ3n) is 4.84. The van der Waals surface area contributed by atoms with E-state index < -0.39 is 0 Å². The van der Waals surface area contributed by atoms with Gasteiger partial charge in [-0.3, -0.25) is 9.48 Å². The maximum Gasteiger partial charge on any atom is 0.231 e. The SMILES string of the molecule is COCCC1(C(=O)Nc2ccn(C3CCNC3)n2)CCC1. The highest BCUT2D eigenvalue weighted by Gasteiger charge is 2.43. The first-order chi connectivity index (χ1) is 10.2. The molecule has 1 unspecified atom stereocenters. The molecule has 1 atom stereocenters.